The summed E-state index contributed by atoms with van der Waals surface area (Å²) in [6.45, 7) is 12.6. The van der Waals surface area contributed by atoms with E-state index < -0.39 is 30.5 Å². The third-order valence-electron chi connectivity index (χ3n) is 10.3. The topological polar surface area (TPSA) is 115 Å². The van der Waals surface area contributed by atoms with Crippen molar-refractivity contribution in [2.45, 2.75) is 94.2 Å². The minimum Gasteiger partial charge on any atom is -0.488 e. The van der Waals surface area contributed by atoms with Crippen LogP contribution in [0, 0.1) is 0 Å². The average Bonchev–Trinajstić information content (AvgIpc) is 3.70. The number of carbonyl (C=O) groups is 2. The highest BCUT2D eigenvalue weighted by atomic mass is 127. The summed E-state index contributed by atoms with van der Waals surface area (Å²) in [5.41, 5.74) is 5.16. The first-order valence-electron chi connectivity index (χ1n) is 16.2. The number of ether oxygens (including phenoxy) is 2. The molecule has 4 aromatic rings. The summed E-state index contributed by atoms with van der Waals surface area (Å²) < 4.78 is 23.6. The first-order valence-corrected chi connectivity index (χ1v) is 17.4. The Kier molecular flexibility index (Phi) is 7.99. The molecule has 2 fully saturated rings. The van der Waals surface area contributed by atoms with Crippen molar-refractivity contribution in [3.8, 4) is 16.9 Å². The third kappa shape index (κ3) is 5.45. The van der Waals surface area contributed by atoms with Crippen LogP contribution in [0.25, 0.3) is 32.9 Å². The normalized spacial score (nSPS) is 22.5. The lowest BCUT2D eigenvalue weighted by atomic mass is 9.77. The van der Waals surface area contributed by atoms with E-state index in [0.717, 1.165) is 68.4 Å². The molecule has 0 bridgehead atoms. The number of H-pyrrole nitrogens is 1. The van der Waals surface area contributed by atoms with Crippen LogP contribution in [0.15, 0.2) is 42.5 Å². The number of nitrogens with zero attached hydrogens (tertiary/aromatic N) is 2. The molecule has 0 spiro atoms. The first kappa shape index (κ1) is 32.2. The average molecular weight is 750 g/mol. The van der Waals surface area contributed by atoms with Crippen molar-refractivity contribution in [3.05, 3.63) is 53.9 Å². The van der Waals surface area contributed by atoms with E-state index in [-0.39, 0.29) is 21.9 Å². The number of amides is 2. The van der Waals surface area contributed by atoms with Gasteiger partial charge in [-0.2, -0.15) is 0 Å². The molecule has 2 amide bonds. The third-order valence-corrected chi connectivity index (χ3v) is 11.1. The van der Waals surface area contributed by atoms with Gasteiger partial charge >= 0.3 is 13.2 Å². The number of hydrogen-bond acceptors (Lipinski definition) is 7. The van der Waals surface area contributed by atoms with Crippen LogP contribution in [0.1, 0.15) is 71.8 Å². The molecule has 2 N–H and O–H groups in total. The van der Waals surface area contributed by atoms with Crippen molar-refractivity contribution in [2.75, 3.05) is 7.11 Å². The standard InChI is InChI=1S/C35H40BIN4O6/c1-18-8-13-27(41(18)32(42)29(19(2)37)40-33(43)44-7)31-38-26-12-9-20-15-25-23-11-10-22(36-46-34(3,4)35(5,6)47-36)14-21(23)17-45-28(25)16-24(20)30(26)39-31/h9-12,14-16,18-19,27,29H,8,13,17H2,1-7H3,(H,38,39)(H,40,43)/t18-,19?,27-,29-/m0/s1. The van der Waals surface area contributed by atoms with Crippen LogP contribution in [0.2, 0.25) is 0 Å². The van der Waals surface area contributed by atoms with Crippen molar-refractivity contribution >= 4 is 69.0 Å². The number of likely N-dealkylation sites (tertiary alicyclic amines) is 1. The molecule has 3 aromatic carbocycles. The van der Waals surface area contributed by atoms with Crippen molar-refractivity contribution in [3.63, 3.8) is 0 Å². The second-order valence-electron chi connectivity index (χ2n) is 13.9. The molecule has 4 heterocycles. The number of aromatic nitrogens is 2. The Morgan fingerprint density at radius 2 is 1.83 bits per heavy atom. The van der Waals surface area contributed by atoms with Crippen LogP contribution in [-0.2, 0) is 25.4 Å². The largest absolute Gasteiger partial charge is 0.494 e. The molecule has 7 rings (SSSR count). The van der Waals surface area contributed by atoms with Gasteiger partial charge in [-0.15, -0.1) is 0 Å². The van der Waals surface area contributed by atoms with E-state index in [9.17, 15) is 9.59 Å². The highest BCUT2D eigenvalue weighted by Gasteiger charge is 2.52. The molecule has 1 aromatic heterocycles. The maximum atomic E-state index is 13.9. The minimum atomic E-state index is -0.712. The quantitative estimate of drug-likeness (QED) is 0.142. The second kappa shape index (κ2) is 11.7. The number of rotatable bonds is 5. The highest BCUT2D eigenvalue weighted by molar-refractivity contribution is 14.1. The Morgan fingerprint density at radius 3 is 2.53 bits per heavy atom. The number of alkyl carbamates (subject to hydrolysis) is 1. The van der Waals surface area contributed by atoms with Gasteiger partial charge in [-0.25, -0.2) is 9.78 Å². The molecule has 0 saturated carbocycles. The van der Waals surface area contributed by atoms with Gasteiger partial charge < -0.3 is 34.0 Å². The molecule has 4 atom stereocenters. The molecular weight excluding hydrogens is 710 g/mol. The van der Waals surface area contributed by atoms with E-state index in [1.165, 1.54) is 7.11 Å². The molecule has 1 unspecified atom stereocenters. The molecule has 0 radical (unpaired) electrons. The summed E-state index contributed by atoms with van der Waals surface area (Å²) in [5.74, 6) is 1.41. The van der Waals surface area contributed by atoms with E-state index in [1.54, 1.807) is 0 Å². The van der Waals surface area contributed by atoms with Crippen molar-refractivity contribution in [2.24, 2.45) is 0 Å². The Bertz CT molecular complexity index is 1890. The van der Waals surface area contributed by atoms with Gasteiger partial charge in [0.25, 0.3) is 0 Å². The Morgan fingerprint density at radius 1 is 1.09 bits per heavy atom. The second-order valence-corrected chi connectivity index (χ2v) is 15.9. The molecule has 0 aliphatic carbocycles. The number of imidazole rings is 1. The van der Waals surface area contributed by atoms with Gasteiger partial charge in [-0.3, -0.25) is 4.79 Å². The summed E-state index contributed by atoms with van der Waals surface area (Å²) in [5, 5.41) is 4.76. The predicted molar refractivity (Wildman–Crippen MR) is 190 cm³/mol. The van der Waals surface area contributed by atoms with Gasteiger partial charge in [0.1, 0.15) is 24.2 Å². The number of halogens is 1. The Hall–Kier alpha value is -3.36. The summed E-state index contributed by atoms with van der Waals surface area (Å²) in [4.78, 5) is 36.4. The zero-order valence-electron chi connectivity index (χ0n) is 27.8. The molecule has 10 nitrogen and oxygen atoms in total. The van der Waals surface area contributed by atoms with Crippen molar-refractivity contribution in [1.82, 2.24) is 20.2 Å². The van der Waals surface area contributed by atoms with Gasteiger partial charge in [-0.05, 0) is 87.6 Å². The van der Waals surface area contributed by atoms with Crippen LogP contribution in [0.4, 0.5) is 4.79 Å². The Balaban J connectivity index is 1.21. The minimum absolute atomic E-state index is 0.000306. The number of fused-ring (bicyclic) bond motifs is 6. The zero-order valence-corrected chi connectivity index (χ0v) is 29.9. The number of carbonyl (C=O) groups excluding carboxylic acids is 2. The van der Waals surface area contributed by atoms with Crippen LogP contribution >= 0.6 is 22.6 Å². The van der Waals surface area contributed by atoms with Gasteiger partial charge in [0.05, 0.1) is 35.4 Å². The molecule has 3 aliphatic rings. The van der Waals surface area contributed by atoms with Crippen LogP contribution in [0.3, 0.4) is 0 Å². The number of hydrogen-bond donors (Lipinski definition) is 2. The number of benzene rings is 3. The molecule has 12 heteroatoms. The fourth-order valence-electron chi connectivity index (χ4n) is 6.95. The number of alkyl halides is 1. The van der Waals surface area contributed by atoms with Gasteiger partial charge in [0.15, 0.2) is 0 Å². The lowest BCUT2D eigenvalue weighted by Crippen LogP contribution is -2.53. The number of nitrogens with one attached hydrogen (secondary N) is 2. The molecule has 3 aliphatic heterocycles. The van der Waals surface area contributed by atoms with Crippen LogP contribution < -0.4 is 15.5 Å². The summed E-state index contributed by atoms with van der Waals surface area (Å²) in [6.07, 6.45) is 0.990. The smallest absolute Gasteiger partial charge is 0.488 e. The predicted octanol–water partition coefficient (Wildman–Crippen LogP) is 6.17. The molecule has 246 valence electrons. The van der Waals surface area contributed by atoms with Gasteiger partial charge in [-0.1, -0.05) is 53.8 Å². The summed E-state index contributed by atoms with van der Waals surface area (Å²) in [7, 11) is 0.869. The Labute approximate surface area is 288 Å². The fourth-order valence-corrected chi connectivity index (χ4v) is 7.44. The lowest BCUT2D eigenvalue weighted by molar-refractivity contribution is -0.136. The summed E-state index contributed by atoms with van der Waals surface area (Å²) in [6, 6.07) is 13.8. The van der Waals surface area contributed by atoms with E-state index in [0.29, 0.717) is 6.61 Å². The number of aromatic amines is 1. The number of methoxy groups -OCH3 is 1. The maximum absolute atomic E-state index is 13.9. The van der Waals surface area contributed by atoms with Crippen LogP contribution in [0.5, 0.6) is 5.75 Å². The first-order chi connectivity index (χ1) is 22.3. The van der Waals surface area contributed by atoms with Crippen molar-refractivity contribution < 1.29 is 28.4 Å². The van der Waals surface area contributed by atoms with E-state index in [4.69, 9.17) is 23.8 Å². The summed E-state index contributed by atoms with van der Waals surface area (Å²) >= 11 is 2.17. The SMILES string of the molecule is COC(=O)N[C@H](C(=O)N1[C@@H](C)CC[C@H]1c1nc2c(ccc3cc4c(cc32)OCc2cc(B3OC(C)(C)C(C)(C)O3)ccc2-4)[nH]1)C(C)I. The van der Waals surface area contributed by atoms with E-state index in [2.05, 4.69) is 97.0 Å². The fraction of sp³-hybridized carbons (Fsp3) is 0.457. The van der Waals surface area contributed by atoms with E-state index >= 15 is 0 Å². The molecule has 2 saturated heterocycles. The van der Waals surface area contributed by atoms with E-state index in [1.807, 2.05) is 24.8 Å². The lowest BCUT2D eigenvalue weighted by Gasteiger charge is -2.32. The zero-order chi connectivity index (χ0) is 33.4. The van der Waals surface area contributed by atoms with Gasteiger partial charge in [0.2, 0.25) is 5.91 Å². The molecule has 47 heavy (non-hydrogen) atoms. The van der Waals surface area contributed by atoms with Crippen molar-refractivity contribution in [1.29, 1.82) is 0 Å². The monoisotopic (exact) mass is 750 g/mol. The van der Waals surface area contributed by atoms with Crippen LogP contribution in [-0.4, -0.2) is 68.3 Å². The van der Waals surface area contributed by atoms with Gasteiger partial charge in [0, 0.05) is 20.9 Å². The highest BCUT2D eigenvalue weighted by Crippen LogP contribution is 2.43. The molecular formula is C35H40BIN4O6. The maximum Gasteiger partial charge on any atom is 0.494 e.